The number of anilines is 2. The van der Waals surface area contributed by atoms with Crippen molar-refractivity contribution in [3.63, 3.8) is 0 Å². The fraction of sp³-hybridized carbons (Fsp3) is 0.471. The fourth-order valence-electron chi connectivity index (χ4n) is 2.03. The van der Waals surface area contributed by atoms with Crippen LogP contribution in [-0.4, -0.2) is 42.8 Å². The van der Waals surface area contributed by atoms with Gasteiger partial charge in [-0.25, -0.2) is 9.78 Å². The topological polar surface area (TPSA) is 58.6 Å². The SMILES string of the molecule is Cc1nc(-c2cncc(N(C)C)c2)sc1N(C)C(=O)OC(C)(C)C. The van der Waals surface area contributed by atoms with E-state index >= 15 is 0 Å². The number of aryl methyl sites for hydroxylation is 1. The molecular formula is C17H24N4O2S. The molecular weight excluding hydrogens is 324 g/mol. The molecule has 0 aliphatic heterocycles. The van der Waals surface area contributed by atoms with Gasteiger partial charge in [-0.15, -0.1) is 0 Å². The second-order valence-corrected chi connectivity index (χ2v) is 7.75. The van der Waals surface area contributed by atoms with Gasteiger partial charge in [-0.05, 0) is 33.8 Å². The molecule has 130 valence electrons. The van der Waals surface area contributed by atoms with Crippen LogP contribution in [0.4, 0.5) is 15.5 Å². The van der Waals surface area contributed by atoms with Crippen LogP contribution in [0.2, 0.25) is 0 Å². The van der Waals surface area contributed by atoms with Crippen molar-refractivity contribution in [1.82, 2.24) is 9.97 Å². The Kier molecular flexibility index (Phi) is 5.13. The third kappa shape index (κ3) is 4.23. The zero-order valence-electron chi connectivity index (χ0n) is 15.2. The van der Waals surface area contributed by atoms with Crippen LogP contribution in [0.5, 0.6) is 0 Å². The summed E-state index contributed by atoms with van der Waals surface area (Å²) in [6.07, 6.45) is 3.20. The van der Waals surface area contributed by atoms with Crippen molar-refractivity contribution in [1.29, 1.82) is 0 Å². The number of aromatic nitrogens is 2. The van der Waals surface area contributed by atoms with Gasteiger partial charge in [0.25, 0.3) is 0 Å². The van der Waals surface area contributed by atoms with E-state index < -0.39 is 5.60 Å². The number of thiazole rings is 1. The lowest BCUT2D eigenvalue weighted by molar-refractivity contribution is 0.0590. The number of nitrogens with zero attached hydrogens (tertiary/aromatic N) is 4. The molecule has 6 nitrogen and oxygen atoms in total. The first-order valence-electron chi connectivity index (χ1n) is 7.65. The lowest BCUT2D eigenvalue weighted by Crippen LogP contribution is -2.34. The Balaban J connectivity index is 2.30. The summed E-state index contributed by atoms with van der Waals surface area (Å²) in [6, 6.07) is 2.03. The van der Waals surface area contributed by atoms with E-state index in [2.05, 4.69) is 9.97 Å². The molecule has 0 spiro atoms. The van der Waals surface area contributed by atoms with E-state index in [0.717, 1.165) is 27.0 Å². The van der Waals surface area contributed by atoms with E-state index in [0.29, 0.717) is 0 Å². The number of carbonyl (C=O) groups is 1. The maximum absolute atomic E-state index is 12.3. The standard InChI is InChI=1S/C17H24N4O2S/c1-11-15(21(7)16(22)23-17(2,3)4)24-14(19-11)12-8-13(20(5)6)10-18-9-12/h8-10H,1-7H3. The first kappa shape index (κ1) is 18.2. The van der Waals surface area contributed by atoms with Crippen LogP contribution < -0.4 is 9.80 Å². The summed E-state index contributed by atoms with van der Waals surface area (Å²) in [7, 11) is 5.64. The molecule has 2 rings (SSSR count). The van der Waals surface area contributed by atoms with Gasteiger partial charge in [0, 0.05) is 32.9 Å². The lowest BCUT2D eigenvalue weighted by atomic mass is 10.2. The lowest BCUT2D eigenvalue weighted by Gasteiger charge is -2.23. The van der Waals surface area contributed by atoms with E-state index in [1.165, 1.54) is 16.2 Å². The molecule has 0 aromatic carbocycles. The van der Waals surface area contributed by atoms with Gasteiger partial charge in [0.15, 0.2) is 0 Å². The van der Waals surface area contributed by atoms with Gasteiger partial charge >= 0.3 is 6.09 Å². The second kappa shape index (κ2) is 6.76. The van der Waals surface area contributed by atoms with Crippen LogP contribution in [0.25, 0.3) is 10.6 Å². The molecule has 2 aromatic heterocycles. The minimum atomic E-state index is -0.531. The molecule has 0 saturated carbocycles. The molecule has 0 saturated heterocycles. The quantitative estimate of drug-likeness (QED) is 0.840. The summed E-state index contributed by atoms with van der Waals surface area (Å²) in [5, 5.41) is 1.60. The highest BCUT2D eigenvalue weighted by Gasteiger charge is 2.24. The summed E-state index contributed by atoms with van der Waals surface area (Å²) in [5.74, 6) is 0. The van der Waals surface area contributed by atoms with Crippen molar-refractivity contribution in [2.24, 2.45) is 0 Å². The number of amides is 1. The van der Waals surface area contributed by atoms with E-state index in [9.17, 15) is 4.79 Å². The Hall–Kier alpha value is -2.15. The minimum absolute atomic E-state index is 0.388. The summed E-state index contributed by atoms with van der Waals surface area (Å²) in [6.45, 7) is 7.44. The average Bonchev–Trinajstić information content (AvgIpc) is 2.86. The van der Waals surface area contributed by atoms with Crippen LogP contribution in [0.1, 0.15) is 26.5 Å². The zero-order chi connectivity index (χ0) is 18.1. The van der Waals surface area contributed by atoms with Crippen LogP contribution in [0.3, 0.4) is 0 Å². The Morgan fingerprint density at radius 1 is 1.21 bits per heavy atom. The van der Waals surface area contributed by atoms with Crippen LogP contribution >= 0.6 is 11.3 Å². The Morgan fingerprint density at radius 3 is 2.46 bits per heavy atom. The van der Waals surface area contributed by atoms with E-state index in [-0.39, 0.29) is 6.09 Å². The zero-order valence-corrected chi connectivity index (χ0v) is 16.1. The number of hydrogen-bond donors (Lipinski definition) is 0. The van der Waals surface area contributed by atoms with Crippen molar-refractivity contribution in [3.05, 3.63) is 24.2 Å². The van der Waals surface area contributed by atoms with E-state index in [1.54, 1.807) is 19.4 Å². The normalized spacial score (nSPS) is 11.3. The fourth-order valence-corrected chi connectivity index (χ4v) is 3.03. The third-order valence-corrected chi connectivity index (χ3v) is 4.51. The first-order valence-corrected chi connectivity index (χ1v) is 8.47. The van der Waals surface area contributed by atoms with Gasteiger partial charge in [-0.3, -0.25) is 9.88 Å². The van der Waals surface area contributed by atoms with Crippen molar-refractivity contribution in [2.75, 3.05) is 30.9 Å². The van der Waals surface area contributed by atoms with Gasteiger partial charge in [-0.1, -0.05) is 11.3 Å². The molecule has 7 heteroatoms. The molecule has 2 heterocycles. The van der Waals surface area contributed by atoms with Gasteiger partial charge in [-0.2, -0.15) is 0 Å². The molecule has 0 atom stereocenters. The van der Waals surface area contributed by atoms with Crippen LogP contribution in [0.15, 0.2) is 18.5 Å². The highest BCUT2D eigenvalue weighted by molar-refractivity contribution is 7.19. The van der Waals surface area contributed by atoms with Crippen LogP contribution in [-0.2, 0) is 4.74 Å². The predicted molar refractivity (Wildman–Crippen MR) is 99.0 cm³/mol. The van der Waals surface area contributed by atoms with E-state index in [4.69, 9.17) is 4.74 Å². The molecule has 0 bridgehead atoms. The molecule has 0 radical (unpaired) electrons. The van der Waals surface area contributed by atoms with Crippen molar-refractivity contribution < 1.29 is 9.53 Å². The number of ether oxygens (including phenoxy) is 1. The first-order chi connectivity index (χ1) is 11.1. The number of carbonyl (C=O) groups excluding carboxylic acids is 1. The Bertz CT molecular complexity index is 734. The third-order valence-electron chi connectivity index (χ3n) is 3.23. The van der Waals surface area contributed by atoms with Gasteiger partial charge in [0.05, 0.1) is 17.6 Å². The molecule has 24 heavy (non-hydrogen) atoms. The molecule has 0 unspecified atom stereocenters. The molecule has 2 aromatic rings. The highest BCUT2D eigenvalue weighted by atomic mass is 32.1. The second-order valence-electron chi connectivity index (χ2n) is 6.78. The molecule has 0 aliphatic carbocycles. The molecule has 0 fully saturated rings. The monoisotopic (exact) mass is 348 g/mol. The number of pyridine rings is 1. The van der Waals surface area contributed by atoms with Crippen molar-refractivity contribution in [2.45, 2.75) is 33.3 Å². The molecule has 0 N–H and O–H groups in total. The predicted octanol–water partition coefficient (Wildman–Crippen LogP) is 3.95. The van der Waals surface area contributed by atoms with E-state index in [1.807, 2.05) is 52.8 Å². The minimum Gasteiger partial charge on any atom is -0.443 e. The Labute approximate surface area is 147 Å². The molecule has 0 aliphatic rings. The summed E-state index contributed by atoms with van der Waals surface area (Å²) < 4.78 is 5.42. The van der Waals surface area contributed by atoms with Gasteiger partial charge in [0.2, 0.25) is 0 Å². The summed E-state index contributed by atoms with van der Waals surface area (Å²) in [5.41, 5.74) is 2.19. The van der Waals surface area contributed by atoms with Crippen molar-refractivity contribution in [3.8, 4) is 10.6 Å². The average molecular weight is 348 g/mol. The maximum atomic E-state index is 12.3. The smallest absolute Gasteiger partial charge is 0.415 e. The van der Waals surface area contributed by atoms with Crippen molar-refractivity contribution >= 4 is 28.1 Å². The summed E-state index contributed by atoms with van der Waals surface area (Å²) in [4.78, 5) is 24.6. The molecule has 1 amide bonds. The highest BCUT2D eigenvalue weighted by Crippen LogP contribution is 2.35. The maximum Gasteiger partial charge on any atom is 0.415 e. The van der Waals surface area contributed by atoms with Crippen LogP contribution in [0, 0.1) is 6.92 Å². The largest absolute Gasteiger partial charge is 0.443 e. The van der Waals surface area contributed by atoms with Gasteiger partial charge in [0.1, 0.15) is 15.6 Å². The number of rotatable bonds is 3. The Morgan fingerprint density at radius 2 is 1.88 bits per heavy atom. The summed E-state index contributed by atoms with van der Waals surface area (Å²) >= 11 is 1.45. The number of hydrogen-bond acceptors (Lipinski definition) is 6. The van der Waals surface area contributed by atoms with Gasteiger partial charge < -0.3 is 9.64 Å².